The Kier molecular flexibility index (Phi) is 5.83. The van der Waals surface area contributed by atoms with E-state index in [1.807, 2.05) is 6.92 Å². The Morgan fingerprint density at radius 1 is 1.00 bits per heavy atom. The summed E-state index contributed by atoms with van der Waals surface area (Å²) in [5.74, 6) is -3.89. The number of rotatable bonds is 5. The fraction of sp³-hybridized carbons (Fsp3) is 0.120. The zero-order chi connectivity index (χ0) is 23.7. The predicted molar refractivity (Wildman–Crippen MR) is 117 cm³/mol. The average molecular weight is 451 g/mol. The van der Waals surface area contributed by atoms with Crippen molar-refractivity contribution in [3.63, 3.8) is 0 Å². The van der Waals surface area contributed by atoms with Crippen molar-refractivity contribution in [3.05, 3.63) is 95.1 Å². The maximum absolute atomic E-state index is 14.6. The van der Waals surface area contributed by atoms with Crippen molar-refractivity contribution in [1.29, 1.82) is 0 Å². The quantitative estimate of drug-likeness (QED) is 0.334. The summed E-state index contributed by atoms with van der Waals surface area (Å²) in [7, 11) is 0. The lowest BCUT2D eigenvalue weighted by Crippen LogP contribution is -2.30. The lowest BCUT2D eigenvalue weighted by molar-refractivity contribution is -0.132. The predicted octanol–water partition coefficient (Wildman–Crippen LogP) is 4.70. The number of phenolic OH excluding ortho intramolecular Hbond substituents is 1. The highest BCUT2D eigenvalue weighted by atomic mass is 19.1. The number of aliphatic hydroxyl groups excluding tert-OH is 1. The zero-order valence-electron chi connectivity index (χ0n) is 17.5. The van der Waals surface area contributed by atoms with Crippen LogP contribution in [0.2, 0.25) is 0 Å². The van der Waals surface area contributed by atoms with Gasteiger partial charge in [-0.1, -0.05) is 12.1 Å². The molecule has 0 spiro atoms. The molecule has 1 heterocycles. The maximum atomic E-state index is 14.6. The smallest absolute Gasteiger partial charge is 0.300 e. The molecule has 168 valence electrons. The number of Topliss-reactive ketones (excluding diaryl/α,β-unsaturated/α-hetero) is 1. The van der Waals surface area contributed by atoms with Crippen molar-refractivity contribution in [2.45, 2.75) is 13.0 Å². The van der Waals surface area contributed by atoms with E-state index in [2.05, 4.69) is 0 Å². The first-order valence-corrected chi connectivity index (χ1v) is 10.1. The number of amides is 1. The minimum atomic E-state index is -1.26. The van der Waals surface area contributed by atoms with Crippen molar-refractivity contribution < 1.29 is 33.3 Å². The van der Waals surface area contributed by atoms with Crippen molar-refractivity contribution in [1.82, 2.24) is 0 Å². The summed E-state index contributed by atoms with van der Waals surface area (Å²) in [6, 6.07) is 13.0. The summed E-state index contributed by atoms with van der Waals surface area (Å²) in [4.78, 5) is 26.8. The number of aromatic hydroxyl groups is 1. The summed E-state index contributed by atoms with van der Waals surface area (Å²) < 4.78 is 33.9. The molecule has 6 nitrogen and oxygen atoms in total. The topological polar surface area (TPSA) is 87.1 Å². The Morgan fingerprint density at radius 2 is 1.67 bits per heavy atom. The van der Waals surface area contributed by atoms with Crippen LogP contribution < -0.4 is 9.64 Å². The Balaban J connectivity index is 1.92. The molecule has 2 N–H and O–H groups in total. The molecule has 1 aliphatic heterocycles. The summed E-state index contributed by atoms with van der Waals surface area (Å²) in [5.41, 5.74) is -0.192. The van der Waals surface area contributed by atoms with Gasteiger partial charge in [0, 0.05) is 11.6 Å². The third kappa shape index (κ3) is 4.03. The normalized spacial score (nSPS) is 17.4. The van der Waals surface area contributed by atoms with Crippen molar-refractivity contribution in [2.75, 3.05) is 11.5 Å². The molecule has 3 aromatic carbocycles. The Morgan fingerprint density at radius 3 is 2.30 bits per heavy atom. The highest BCUT2D eigenvalue weighted by Crippen LogP contribution is 2.43. The molecule has 0 saturated carbocycles. The van der Waals surface area contributed by atoms with E-state index in [0.29, 0.717) is 17.9 Å². The molecule has 0 radical (unpaired) electrons. The van der Waals surface area contributed by atoms with Crippen LogP contribution >= 0.6 is 0 Å². The first kappa shape index (κ1) is 22.0. The Hall–Kier alpha value is -4.20. The van der Waals surface area contributed by atoms with Gasteiger partial charge in [-0.3, -0.25) is 14.5 Å². The van der Waals surface area contributed by atoms with Gasteiger partial charge in [0.05, 0.1) is 23.9 Å². The number of nitrogens with zero attached hydrogens (tertiary/aromatic N) is 1. The van der Waals surface area contributed by atoms with Crippen LogP contribution in [0, 0.1) is 11.6 Å². The second kappa shape index (κ2) is 8.74. The van der Waals surface area contributed by atoms with E-state index < -0.39 is 40.8 Å². The lowest BCUT2D eigenvalue weighted by atomic mass is 9.95. The number of anilines is 1. The molecule has 1 atom stereocenters. The van der Waals surface area contributed by atoms with Crippen LogP contribution in [0.3, 0.4) is 0 Å². The summed E-state index contributed by atoms with van der Waals surface area (Å²) in [6.45, 7) is 2.26. The Bertz CT molecular complexity index is 1250. The van der Waals surface area contributed by atoms with Gasteiger partial charge in [0.2, 0.25) is 0 Å². The molecule has 0 aliphatic carbocycles. The van der Waals surface area contributed by atoms with Gasteiger partial charge >= 0.3 is 0 Å². The van der Waals surface area contributed by atoms with E-state index in [-0.39, 0.29) is 16.9 Å². The summed E-state index contributed by atoms with van der Waals surface area (Å²) in [5, 5.41) is 20.7. The molecular weight excluding hydrogens is 432 g/mol. The molecule has 0 bridgehead atoms. The molecule has 1 amide bonds. The second-order valence-electron chi connectivity index (χ2n) is 7.31. The van der Waals surface area contributed by atoms with Crippen LogP contribution in [0.5, 0.6) is 11.5 Å². The summed E-state index contributed by atoms with van der Waals surface area (Å²) in [6.07, 6.45) is 0. The number of carbonyl (C=O) groups excluding carboxylic acids is 2. The van der Waals surface area contributed by atoms with Crippen LogP contribution in [0.25, 0.3) is 5.76 Å². The fourth-order valence-corrected chi connectivity index (χ4v) is 3.75. The number of hydrogen-bond donors (Lipinski definition) is 2. The van der Waals surface area contributed by atoms with Crippen LogP contribution in [0.15, 0.2) is 72.3 Å². The van der Waals surface area contributed by atoms with Gasteiger partial charge < -0.3 is 14.9 Å². The Labute approximate surface area is 188 Å². The average Bonchev–Trinajstić information content (AvgIpc) is 3.07. The number of aliphatic hydroxyl groups is 1. The monoisotopic (exact) mass is 451 g/mol. The van der Waals surface area contributed by atoms with Crippen LogP contribution in [-0.2, 0) is 9.59 Å². The van der Waals surface area contributed by atoms with Crippen LogP contribution in [0.4, 0.5) is 14.5 Å². The van der Waals surface area contributed by atoms with Gasteiger partial charge in [0.1, 0.15) is 28.9 Å². The third-order valence-electron chi connectivity index (χ3n) is 5.26. The minimum absolute atomic E-state index is 0.0702. The van der Waals surface area contributed by atoms with Crippen LogP contribution in [-0.4, -0.2) is 28.5 Å². The number of halogens is 2. The van der Waals surface area contributed by atoms with Gasteiger partial charge in [0.25, 0.3) is 11.7 Å². The molecule has 4 rings (SSSR count). The summed E-state index contributed by atoms with van der Waals surface area (Å²) >= 11 is 0. The van der Waals surface area contributed by atoms with Crippen molar-refractivity contribution in [3.8, 4) is 11.5 Å². The van der Waals surface area contributed by atoms with Crippen molar-refractivity contribution in [2.24, 2.45) is 0 Å². The van der Waals surface area contributed by atoms with E-state index in [0.717, 1.165) is 23.1 Å². The van der Waals surface area contributed by atoms with Gasteiger partial charge in [-0.25, -0.2) is 8.78 Å². The molecule has 8 heteroatoms. The molecule has 3 aromatic rings. The molecule has 1 unspecified atom stereocenters. The second-order valence-corrected chi connectivity index (χ2v) is 7.31. The number of hydrogen-bond acceptors (Lipinski definition) is 5. The number of carbonyl (C=O) groups is 2. The SMILES string of the molecule is CCOc1ccc(/C(O)=C2\C(=O)C(=O)N(c3cc(F)ccc3F)C2c2ccc(O)cc2)cc1. The van der Waals surface area contributed by atoms with Gasteiger partial charge in [-0.2, -0.15) is 0 Å². The van der Waals surface area contributed by atoms with E-state index in [1.54, 1.807) is 12.1 Å². The molecule has 1 fully saturated rings. The number of phenols is 1. The van der Waals surface area contributed by atoms with Crippen LogP contribution in [0.1, 0.15) is 24.1 Å². The first-order valence-electron chi connectivity index (χ1n) is 10.1. The van der Waals surface area contributed by atoms with Gasteiger partial charge in [0.15, 0.2) is 0 Å². The van der Waals surface area contributed by atoms with E-state index >= 15 is 0 Å². The number of ether oxygens (including phenoxy) is 1. The zero-order valence-corrected chi connectivity index (χ0v) is 17.5. The van der Waals surface area contributed by atoms with E-state index in [9.17, 15) is 28.6 Å². The largest absolute Gasteiger partial charge is 0.508 e. The fourth-order valence-electron chi connectivity index (χ4n) is 3.75. The number of ketones is 1. The molecule has 33 heavy (non-hydrogen) atoms. The van der Waals surface area contributed by atoms with E-state index in [4.69, 9.17) is 4.74 Å². The molecule has 0 aromatic heterocycles. The van der Waals surface area contributed by atoms with Crippen molar-refractivity contribution >= 4 is 23.1 Å². The molecule has 1 saturated heterocycles. The highest BCUT2D eigenvalue weighted by molar-refractivity contribution is 6.51. The minimum Gasteiger partial charge on any atom is -0.508 e. The van der Waals surface area contributed by atoms with Gasteiger partial charge in [-0.15, -0.1) is 0 Å². The maximum Gasteiger partial charge on any atom is 0.300 e. The third-order valence-corrected chi connectivity index (χ3v) is 5.26. The molecule has 1 aliphatic rings. The lowest BCUT2D eigenvalue weighted by Gasteiger charge is -2.25. The molecular formula is C25H19F2NO5. The highest BCUT2D eigenvalue weighted by Gasteiger charge is 2.47. The van der Waals surface area contributed by atoms with Gasteiger partial charge in [-0.05, 0) is 61.0 Å². The standard InChI is InChI=1S/C25H19F2NO5/c1-2-33-18-10-5-15(6-11-18)23(30)21-22(14-3-8-17(29)9-4-14)28(25(32)24(21)31)20-13-16(26)7-12-19(20)27/h3-13,22,29-30H,2H2,1H3/b23-21+. The van der Waals surface area contributed by atoms with E-state index in [1.165, 1.54) is 36.4 Å². The number of benzene rings is 3. The first-order chi connectivity index (χ1) is 15.8.